The van der Waals surface area contributed by atoms with E-state index >= 15 is 0 Å². The quantitative estimate of drug-likeness (QED) is 0.123. The summed E-state index contributed by atoms with van der Waals surface area (Å²) in [7, 11) is 0. The molecular weight excluding hydrogens is 532 g/mol. The summed E-state index contributed by atoms with van der Waals surface area (Å²) in [5, 5.41) is 26.5. The first-order valence-electron chi connectivity index (χ1n) is 11.7. The summed E-state index contributed by atoms with van der Waals surface area (Å²) in [6.45, 7) is 0. The van der Waals surface area contributed by atoms with E-state index in [0.29, 0.717) is 11.1 Å². The van der Waals surface area contributed by atoms with Crippen molar-refractivity contribution in [1.82, 2.24) is 0 Å². The number of hydrogen-bond acceptors (Lipinski definition) is 4. The van der Waals surface area contributed by atoms with E-state index in [1.807, 2.05) is 121 Å². The first-order chi connectivity index (χ1) is 18.8. The molecule has 0 saturated heterocycles. The van der Waals surface area contributed by atoms with Crippen molar-refractivity contribution in [2.45, 2.75) is 0 Å². The maximum atomic E-state index is 9.01. The Kier molecular flexibility index (Phi) is 13.9. The molecule has 1 radical (unpaired) electrons. The van der Waals surface area contributed by atoms with Crippen LogP contribution in [0.15, 0.2) is 155 Å². The van der Waals surface area contributed by atoms with E-state index in [4.69, 9.17) is 10.5 Å². The fourth-order valence-corrected chi connectivity index (χ4v) is 2.81. The molecule has 6 nitrogen and oxygen atoms in total. The molecule has 0 aromatic heterocycles. The Morgan fingerprint density at radius 1 is 0.513 bits per heavy atom. The van der Waals surface area contributed by atoms with Gasteiger partial charge in [-0.25, -0.2) is 0 Å². The molecule has 0 unspecified atom stereocenters. The van der Waals surface area contributed by atoms with Crippen LogP contribution in [0.5, 0.6) is 0 Å². The minimum absolute atomic E-state index is 0. The first-order valence-corrected chi connectivity index (χ1v) is 11.7. The van der Waals surface area contributed by atoms with E-state index in [2.05, 4.69) is 32.8 Å². The molecule has 4 aromatic rings. The predicted octanol–water partition coefficient (Wildman–Crippen LogP) is 9.00. The van der Waals surface area contributed by atoms with Gasteiger partial charge in [0, 0.05) is 23.6 Å². The van der Waals surface area contributed by atoms with Crippen molar-refractivity contribution < 1.29 is 17.1 Å². The number of nitrogens with zero attached hydrogens (tertiary/aromatic N) is 6. The Morgan fingerprint density at radius 3 is 1.13 bits per heavy atom. The van der Waals surface area contributed by atoms with Crippen LogP contribution in [0.1, 0.15) is 0 Å². The molecule has 4 rings (SSSR count). The maximum Gasteiger partial charge on any atom is 2.00 e. The molecule has 0 fully saturated rings. The second-order valence-corrected chi connectivity index (χ2v) is 7.51. The van der Waals surface area contributed by atoms with Gasteiger partial charge in [-0.1, -0.05) is 97.1 Å². The number of aliphatic imine (C=N–C) groups is 2. The minimum Gasteiger partial charge on any atom is -0.663 e. The van der Waals surface area contributed by atoms with Crippen LogP contribution in [0.25, 0.3) is 10.6 Å². The van der Waals surface area contributed by atoms with E-state index in [9.17, 15) is 0 Å². The van der Waals surface area contributed by atoms with Crippen molar-refractivity contribution in [3.63, 3.8) is 0 Å². The number of nitriles is 2. The van der Waals surface area contributed by atoms with Crippen molar-refractivity contribution >= 4 is 35.2 Å². The Balaban J connectivity index is 0.000000267. The van der Waals surface area contributed by atoms with Crippen LogP contribution >= 0.6 is 0 Å². The van der Waals surface area contributed by atoms with Gasteiger partial charge in [0.05, 0.1) is 23.5 Å². The molecule has 7 heteroatoms. The monoisotopic (exact) mass is 555 g/mol. The summed E-state index contributed by atoms with van der Waals surface area (Å²) in [5.74, 6) is 0. The van der Waals surface area contributed by atoms with Gasteiger partial charge in [0.15, 0.2) is 0 Å². The molecule has 0 atom stereocenters. The van der Waals surface area contributed by atoms with Gasteiger partial charge in [-0.05, 0) is 24.3 Å². The topological polar surface area (TPSA) is 100 Å². The van der Waals surface area contributed by atoms with Gasteiger partial charge in [-0.2, -0.15) is 22.9 Å². The van der Waals surface area contributed by atoms with Crippen molar-refractivity contribution in [3.05, 3.63) is 156 Å². The number of rotatable bonds is 8. The third-order valence-corrected chi connectivity index (χ3v) is 4.69. The van der Waals surface area contributed by atoms with Crippen LogP contribution < -0.4 is 0 Å². The van der Waals surface area contributed by atoms with Gasteiger partial charge in [-0.3, -0.25) is 9.98 Å². The summed E-state index contributed by atoms with van der Waals surface area (Å²) in [6.07, 6.45) is 6.06. The summed E-state index contributed by atoms with van der Waals surface area (Å²) >= 11 is 0. The third kappa shape index (κ3) is 12.1. The van der Waals surface area contributed by atoms with E-state index in [0.717, 1.165) is 22.7 Å². The van der Waals surface area contributed by atoms with Crippen molar-refractivity contribution in [2.75, 3.05) is 0 Å². The third-order valence-electron chi connectivity index (χ3n) is 4.69. The van der Waals surface area contributed by atoms with E-state index in [1.165, 1.54) is 24.8 Å². The van der Waals surface area contributed by atoms with Crippen LogP contribution in [0, 0.1) is 22.7 Å². The molecule has 193 valence electrons. The van der Waals surface area contributed by atoms with Gasteiger partial charge >= 0.3 is 17.1 Å². The van der Waals surface area contributed by atoms with E-state index < -0.39 is 0 Å². The Hall–Kier alpha value is -5.20. The van der Waals surface area contributed by atoms with Crippen LogP contribution in [0.2, 0.25) is 0 Å². The summed E-state index contributed by atoms with van der Waals surface area (Å²) < 4.78 is 0. The largest absolute Gasteiger partial charge is 2.00 e. The molecule has 0 saturated carbocycles. The number of benzene rings is 4. The SMILES string of the molecule is N#C/C(C=Nc1ccccc1)=C/[N-]c1ccccc1.N#C/C(C=Nc1ccccc1)=C/[N-]c1ccccc1.[Cu+2]. The molecule has 0 amide bonds. The molecule has 0 spiro atoms. The van der Waals surface area contributed by atoms with Crippen LogP contribution in [-0.4, -0.2) is 12.4 Å². The van der Waals surface area contributed by atoms with Crippen LogP contribution in [0.3, 0.4) is 0 Å². The van der Waals surface area contributed by atoms with Crippen molar-refractivity contribution in [1.29, 1.82) is 10.5 Å². The molecule has 0 aliphatic carbocycles. The second-order valence-electron chi connectivity index (χ2n) is 7.51. The zero-order valence-corrected chi connectivity index (χ0v) is 21.8. The fraction of sp³-hybridized carbons (Fsp3) is 0. The molecule has 0 N–H and O–H groups in total. The Morgan fingerprint density at radius 2 is 0.821 bits per heavy atom. The second kappa shape index (κ2) is 18.1. The van der Waals surface area contributed by atoms with Crippen molar-refractivity contribution in [3.8, 4) is 12.1 Å². The number of hydrogen-bond donors (Lipinski definition) is 0. The molecule has 39 heavy (non-hydrogen) atoms. The summed E-state index contributed by atoms with van der Waals surface area (Å²) in [5.41, 5.74) is 4.05. The Labute approximate surface area is 239 Å². The molecule has 0 bridgehead atoms. The first kappa shape index (κ1) is 30.0. The zero-order valence-electron chi connectivity index (χ0n) is 20.8. The normalized spacial score (nSPS) is 10.9. The average molecular weight is 556 g/mol. The fourth-order valence-electron chi connectivity index (χ4n) is 2.81. The Bertz CT molecular complexity index is 1340. The standard InChI is InChI=1S/2C16H12N3.Cu/c2*17-11-14(12-18-15-7-3-1-4-8-15)13-19-16-9-5-2-6-10-16;/h2*1-10,12-13H;/q2*-1;+2/b2*14-12-,19-13?;. The van der Waals surface area contributed by atoms with Crippen LogP contribution in [-0.2, 0) is 17.1 Å². The van der Waals surface area contributed by atoms with E-state index in [-0.39, 0.29) is 17.1 Å². The van der Waals surface area contributed by atoms with Gasteiger partial charge in [0.1, 0.15) is 0 Å². The van der Waals surface area contributed by atoms with Gasteiger partial charge in [0.25, 0.3) is 0 Å². The molecule has 0 heterocycles. The summed E-state index contributed by atoms with van der Waals surface area (Å²) in [4.78, 5) is 8.43. The van der Waals surface area contributed by atoms with Crippen molar-refractivity contribution in [2.24, 2.45) is 9.98 Å². The molecular formula is C32H24CuN6. The number of para-hydroxylation sites is 4. The minimum atomic E-state index is 0. The molecule has 0 aliphatic heterocycles. The van der Waals surface area contributed by atoms with Gasteiger partial charge in [0.2, 0.25) is 0 Å². The van der Waals surface area contributed by atoms with E-state index in [1.54, 1.807) is 0 Å². The average Bonchev–Trinajstić information content (AvgIpc) is 3.00. The number of allylic oxidation sites excluding steroid dienone is 2. The van der Waals surface area contributed by atoms with Crippen LogP contribution in [0.4, 0.5) is 22.7 Å². The summed E-state index contributed by atoms with van der Waals surface area (Å²) in [6, 6.07) is 42.0. The molecule has 4 aromatic carbocycles. The molecule has 0 aliphatic rings. The van der Waals surface area contributed by atoms with Gasteiger partial charge < -0.3 is 10.6 Å². The smallest absolute Gasteiger partial charge is 0.663 e. The predicted molar refractivity (Wildman–Crippen MR) is 156 cm³/mol. The zero-order chi connectivity index (χ0) is 26.7. The maximum absolute atomic E-state index is 9.01. The van der Waals surface area contributed by atoms with Gasteiger partial charge in [-0.15, -0.1) is 11.4 Å².